The Morgan fingerprint density at radius 2 is 1.77 bits per heavy atom. The number of nitrogens with one attached hydrogen (secondary N) is 3. The predicted octanol–water partition coefficient (Wildman–Crippen LogP) is 2.12. The van der Waals surface area contributed by atoms with E-state index < -0.39 is 5.91 Å². The topological polar surface area (TPSA) is 96.0 Å². The van der Waals surface area contributed by atoms with Crippen molar-refractivity contribution in [1.29, 1.82) is 0 Å². The number of hydrazine groups is 1. The van der Waals surface area contributed by atoms with Gasteiger partial charge in [0.1, 0.15) is 5.69 Å². The minimum Gasteiger partial charge on any atom is -0.376 e. The van der Waals surface area contributed by atoms with Gasteiger partial charge >= 0.3 is 0 Å². The molecule has 0 unspecified atom stereocenters. The molecule has 0 aliphatic carbocycles. The molecule has 3 rings (SSSR count). The molecule has 0 saturated heterocycles. The number of benzene rings is 2. The van der Waals surface area contributed by atoms with Gasteiger partial charge in [-0.05, 0) is 37.6 Å². The second kappa shape index (κ2) is 7.60. The summed E-state index contributed by atoms with van der Waals surface area (Å²) in [4.78, 5) is 32.4. The number of carbonyl (C=O) groups is 2. The molecule has 0 saturated carbocycles. The summed E-state index contributed by atoms with van der Waals surface area (Å²) < 4.78 is 0. The Balaban J connectivity index is 1.54. The third-order valence-corrected chi connectivity index (χ3v) is 3.82. The molecule has 132 valence electrons. The van der Waals surface area contributed by atoms with Gasteiger partial charge in [0, 0.05) is 5.69 Å². The van der Waals surface area contributed by atoms with Gasteiger partial charge in [0.15, 0.2) is 0 Å². The van der Waals surface area contributed by atoms with E-state index in [-0.39, 0.29) is 18.1 Å². The summed E-state index contributed by atoms with van der Waals surface area (Å²) in [5.41, 5.74) is 9.22. The highest BCUT2D eigenvalue weighted by Gasteiger charge is 2.10. The number of nitrogens with zero attached hydrogens (tertiary/aromatic N) is 2. The molecule has 1 aromatic heterocycles. The molecule has 2 aromatic carbocycles. The van der Waals surface area contributed by atoms with Crippen LogP contribution in [0.15, 0.2) is 48.7 Å². The summed E-state index contributed by atoms with van der Waals surface area (Å²) in [6.07, 6.45) is 1.37. The van der Waals surface area contributed by atoms with Crippen LogP contribution in [0.3, 0.4) is 0 Å². The van der Waals surface area contributed by atoms with Gasteiger partial charge in [0.25, 0.3) is 11.8 Å². The molecule has 0 radical (unpaired) electrons. The second-order valence-electron chi connectivity index (χ2n) is 5.92. The average Bonchev–Trinajstić information content (AvgIpc) is 2.65. The molecule has 0 aliphatic heterocycles. The van der Waals surface area contributed by atoms with Crippen LogP contribution in [-0.4, -0.2) is 28.3 Å². The maximum atomic E-state index is 12.1. The molecule has 0 fully saturated rings. The van der Waals surface area contributed by atoms with Crippen molar-refractivity contribution >= 4 is 28.5 Å². The Labute approximate surface area is 150 Å². The number of aryl methyl sites for hydroxylation is 2. The van der Waals surface area contributed by atoms with Crippen molar-refractivity contribution in [2.45, 2.75) is 13.8 Å². The zero-order valence-electron chi connectivity index (χ0n) is 14.5. The summed E-state index contributed by atoms with van der Waals surface area (Å²) in [5, 5.41) is 3.04. The molecular formula is C19H19N5O2. The van der Waals surface area contributed by atoms with Gasteiger partial charge in [-0.3, -0.25) is 25.4 Å². The first-order valence-corrected chi connectivity index (χ1v) is 8.15. The van der Waals surface area contributed by atoms with Crippen LogP contribution >= 0.6 is 0 Å². The molecule has 0 spiro atoms. The fourth-order valence-corrected chi connectivity index (χ4v) is 2.49. The lowest BCUT2D eigenvalue weighted by atomic mass is 10.1. The lowest BCUT2D eigenvalue weighted by Crippen LogP contribution is -2.44. The van der Waals surface area contributed by atoms with E-state index in [4.69, 9.17) is 0 Å². The lowest BCUT2D eigenvalue weighted by molar-refractivity contribution is -0.120. The van der Waals surface area contributed by atoms with Crippen molar-refractivity contribution in [3.05, 3.63) is 65.5 Å². The number of amides is 2. The maximum Gasteiger partial charge on any atom is 0.289 e. The fraction of sp³-hybridized carbons (Fsp3) is 0.158. The van der Waals surface area contributed by atoms with Crippen LogP contribution < -0.4 is 16.2 Å². The van der Waals surface area contributed by atoms with Crippen molar-refractivity contribution in [3.63, 3.8) is 0 Å². The lowest BCUT2D eigenvalue weighted by Gasteiger charge is -2.11. The Morgan fingerprint density at radius 1 is 1.00 bits per heavy atom. The van der Waals surface area contributed by atoms with Crippen molar-refractivity contribution < 1.29 is 9.59 Å². The minimum absolute atomic E-state index is 0.0353. The molecule has 3 aromatic rings. The number of hydrogen-bond acceptors (Lipinski definition) is 5. The maximum absolute atomic E-state index is 12.1. The highest BCUT2D eigenvalue weighted by molar-refractivity contribution is 5.95. The zero-order valence-corrected chi connectivity index (χ0v) is 14.5. The number of fused-ring (bicyclic) bond motifs is 1. The van der Waals surface area contributed by atoms with Crippen molar-refractivity contribution in [2.24, 2.45) is 0 Å². The molecule has 1 heterocycles. The molecule has 0 aliphatic rings. The van der Waals surface area contributed by atoms with Gasteiger partial charge in [0.05, 0.1) is 23.8 Å². The van der Waals surface area contributed by atoms with E-state index in [9.17, 15) is 9.59 Å². The SMILES string of the molecule is Cc1ccc(NCC(=O)NNC(=O)c2cnc3ccccc3n2)c(C)c1. The van der Waals surface area contributed by atoms with Gasteiger partial charge < -0.3 is 5.32 Å². The van der Waals surface area contributed by atoms with Gasteiger partial charge in [0.2, 0.25) is 0 Å². The highest BCUT2D eigenvalue weighted by atomic mass is 16.2. The fourth-order valence-electron chi connectivity index (χ4n) is 2.49. The number of aromatic nitrogens is 2. The Kier molecular flexibility index (Phi) is 5.07. The standard InChI is InChI=1S/C19H19N5O2/c1-12-7-8-14(13(2)9-12)21-11-18(25)23-24-19(26)17-10-20-15-5-3-4-6-16(15)22-17/h3-10,21H,11H2,1-2H3,(H,23,25)(H,24,26). The first-order valence-electron chi connectivity index (χ1n) is 8.15. The zero-order chi connectivity index (χ0) is 18.5. The number of para-hydroxylation sites is 2. The van der Waals surface area contributed by atoms with E-state index in [1.54, 1.807) is 6.07 Å². The summed E-state index contributed by atoms with van der Waals surface area (Å²) in [5.74, 6) is -0.893. The van der Waals surface area contributed by atoms with Gasteiger partial charge in [-0.1, -0.05) is 29.8 Å². The number of rotatable bonds is 4. The summed E-state index contributed by atoms with van der Waals surface area (Å²) in [6.45, 7) is 4.01. The van der Waals surface area contributed by atoms with E-state index in [2.05, 4.69) is 26.1 Å². The number of anilines is 1. The van der Waals surface area contributed by atoms with E-state index in [0.29, 0.717) is 11.0 Å². The molecule has 0 bridgehead atoms. The molecule has 26 heavy (non-hydrogen) atoms. The summed E-state index contributed by atoms with van der Waals surface area (Å²) >= 11 is 0. The quantitative estimate of drug-likeness (QED) is 0.627. The minimum atomic E-state index is -0.525. The van der Waals surface area contributed by atoms with Crippen LogP contribution in [0, 0.1) is 13.8 Å². The first-order chi connectivity index (χ1) is 12.5. The van der Waals surface area contributed by atoms with E-state index in [1.165, 1.54) is 6.20 Å². The predicted molar refractivity (Wildman–Crippen MR) is 99.6 cm³/mol. The van der Waals surface area contributed by atoms with Crippen LogP contribution in [0.5, 0.6) is 0 Å². The van der Waals surface area contributed by atoms with Crippen LogP contribution in [-0.2, 0) is 4.79 Å². The van der Waals surface area contributed by atoms with Gasteiger partial charge in [-0.25, -0.2) is 4.98 Å². The first kappa shape index (κ1) is 17.3. The second-order valence-corrected chi connectivity index (χ2v) is 5.92. The van der Waals surface area contributed by atoms with Crippen LogP contribution in [0.25, 0.3) is 11.0 Å². The van der Waals surface area contributed by atoms with Crippen molar-refractivity contribution in [2.75, 3.05) is 11.9 Å². The Hall–Kier alpha value is -3.48. The Morgan fingerprint density at radius 3 is 2.54 bits per heavy atom. The third kappa shape index (κ3) is 4.13. The van der Waals surface area contributed by atoms with Crippen molar-refractivity contribution in [1.82, 2.24) is 20.8 Å². The number of carbonyl (C=O) groups excluding carboxylic acids is 2. The summed E-state index contributed by atoms with van der Waals surface area (Å²) in [6, 6.07) is 13.2. The molecule has 7 nitrogen and oxygen atoms in total. The van der Waals surface area contributed by atoms with Crippen LogP contribution in [0.2, 0.25) is 0 Å². The molecule has 0 atom stereocenters. The third-order valence-electron chi connectivity index (χ3n) is 3.82. The largest absolute Gasteiger partial charge is 0.376 e. The van der Waals surface area contributed by atoms with Crippen molar-refractivity contribution in [3.8, 4) is 0 Å². The molecule has 2 amide bonds. The average molecular weight is 349 g/mol. The van der Waals surface area contributed by atoms with Gasteiger partial charge in [-0.15, -0.1) is 0 Å². The van der Waals surface area contributed by atoms with E-state index in [0.717, 1.165) is 16.8 Å². The summed E-state index contributed by atoms with van der Waals surface area (Å²) in [7, 11) is 0. The molecule has 7 heteroatoms. The molecule has 3 N–H and O–H groups in total. The van der Waals surface area contributed by atoms with E-state index in [1.807, 2.05) is 50.2 Å². The number of hydrogen-bond donors (Lipinski definition) is 3. The monoisotopic (exact) mass is 349 g/mol. The van der Waals surface area contributed by atoms with E-state index >= 15 is 0 Å². The van der Waals surface area contributed by atoms with Crippen LogP contribution in [0.4, 0.5) is 5.69 Å². The normalized spacial score (nSPS) is 10.4. The smallest absolute Gasteiger partial charge is 0.289 e. The molecular weight excluding hydrogens is 330 g/mol. The highest BCUT2D eigenvalue weighted by Crippen LogP contribution is 2.15. The van der Waals surface area contributed by atoms with Gasteiger partial charge in [-0.2, -0.15) is 0 Å². The Bertz CT molecular complexity index is 971. The van der Waals surface area contributed by atoms with Crippen LogP contribution in [0.1, 0.15) is 21.6 Å².